The summed E-state index contributed by atoms with van der Waals surface area (Å²) in [4.78, 5) is 14.0. The van der Waals surface area contributed by atoms with Crippen LogP contribution in [0.3, 0.4) is 0 Å². The van der Waals surface area contributed by atoms with Gasteiger partial charge >= 0.3 is 0 Å². The maximum absolute atomic E-state index is 11.3. The number of hydrogen-bond acceptors (Lipinski definition) is 2. The van der Waals surface area contributed by atoms with Gasteiger partial charge in [-0.15, -0.1) is 0 Å². The van der Waals surface area contributed by atoms with Gasteiger partial charge in [-0.05, 0) is 36.2 Å². The van der Waals surface area contributed by atoms with Gasteiger partial charge in [-0.1, -0.05) is 17.7 Å². The molecule has 16 heavy (non-hydrogen) atoms. The highest BCUT2D eigenvalue weighted by atomic mass is 35.5. The van der Waals surface area contributed by atoms with Crippen molar-refractivity contribution in [3.05, 3.63) is 51.4 Å². The van der Waals surface area contributed by atoms with Gasteiger partial charge in [0, 0.05) is 11.8 Å². The molecule has 3 N–H and O–H groups in total. The van der Waals surface area contributed by atoms with Crippen molar-refractivity contribution in [1.82, 2.24) is 4.98 Å². The van der Waals surface area contributed by atoms with E-state index in [9.17, 15) is 4.79 Å². The molecule has 1 aromatic heterocycles. The Balaban J connectivity index is 2.58. The van der Waals surface area contributed by atoms with E-state index in [-0.39, 0.29) is 5.56 Å². The molecule has 0 spiro atoms. The maximum atomic E-state index is 11.3. The molecule has 1 aromatic carbocycles. The van der Waals surface area contributed by atoms with E-state index in [2.05, 4.69) is 4.98 Å². The predicted octanol–water partition coefficient (Wildman–Crippen LogP) is 2.59. The topological polar surface area (TPSA) is 58.9 Å². The number of aromatic nitrogens is 1. The Kier molecular flexibility index (Phi) is 2.71. The zero-order chi connectivity index (χ0) is 11.7. The first-order chi connectivity index (χ1) is 7.56. The summed E-state index contributed by atoms with van der Waals surface area (Å²) in [6.07, 6.45) is 0. The van der Waals surface area contributed by atoms with Gasteiger partial charge in [-0.3, -0.25) is 4.79 Å². The fourth-order valence-corrected chi connectivity index (χ4v) is 1.69. The Labute approximate surface area is 97.9 Å². The van der Waals surface area contributed by atoms with E-state index in [1.54, 1.807) is 12.1 Å². The fraction of sp³-hybridized carbons (Fsp3) is 0.0833. The van der Waals surface area contributed by atoms with Crippen LogP contribution in [-0.2, 0) is 0 Å². The number of nitrogens with one attached hydrogen (secondary N) is 1. The lowest BCUT2D eigenvalue weighted by Gasteiger charge is -2.04. The molecule has 0 unspecified atom stereocenters. The van der Waals surface area contributed by atoms with Gasteiger partial charge in [0.25, 0.3) is 0 Å². The number of halogens is 1. The number of nitrogen functional groups attached to an aromatic ring is 1. The third kappa shape index (κ3) is 2.09. The molecule has 0 atom stereocenters. The molecule has 4 heteroatoms. The quantitative estimate of drug-likeness (QED) is 0.745. The van der Waals surface area contributed by atoms with Crippen molar-refractivity contribution in [2.45, 2.75) is 6.92 Å². The van der Waals surface area contributed by atoms with Crippen LogP contribution in [0.15, 0.2) is 35.1 Å². The third-order valence-electron chi connectivity index (χ3n) is 2.31. The first-order valence-corrected chi connectivity index (χ1v) is 5.20. The van der Waals surface area contributed by atoms with Crippen molar-refractivity contribution in [2.24, 2.45) is 0 Å². The molecule has 3 nitrogen and oxygen atoms in total. The molecular formula is C12H11ClN2O. The summed E-state index contributed by atoms with van der Waals surface area (Å²) in [5.74, 6) is 0. The average Bonchev–Trinajstić information content (AvgIpc) is 2.20. The Bertz CT molecular complexity index is 590. The van der Waals surface area contributed by atoms with E-state index in [1.165, 1.54) is 6.07 Å². The van der Waals surface area contributed by atoms with E-state index in [4.69, 9.17) is 17.3 Å². The number of aryl methyl sites for hydroxylation is 1. The maximum Gasteiger partial charge on any atom is 0.248 e. The van der Waals surface area contributed by atoms with Gasteiger partial charge in [-0.25, -0.2) is 0 Å². The summed E-state index contributed by atoms with van der Waals surface area (Å²) in [5, 5.41) is 0.519. The largest absolute Gasteiger partial charge is 0.398 e. The van der Waals surface area contributed by atoms with Crippen LogP contribution in [0, 0.1) is 6.92 Å². The number of benzene rings is 1. The second-order valence-corrected chi connectivity index (χ2v) is 4.06. The lowest BCUT2D eigenvalue weighted by molar-refractivity contribution is 1.14. The highest BCUT2D eigenvalue weighted by Crippen LogP contribution is 2.26. The van der Waals surface area contributed by atoms with E-state index in [0.29, 0.717) is 10.7 Å². The minimum absolute atomic E-state index is 0.122. The van der Waals surface area contributed by atoms with Crippen LogP contribution in [0.25, 0.3) is 11.1 Å². The second-order valence-electron chi connectivity index (χ2n) is 3.65. The third-order valence-corrected chi connectivity index (χ3v) is 2.65. The zero-order valence-corrected chi connectivity index (χ0v) is 9.51. The fourth-order valence-electron chi connectivity index (χ4n) is 1.57. The monoisotopic (exact) mass is 234 g/mol. The van der Waals surface area contributed by atoms with Crippen molar-refractivity contribution in [1.29, 1.82) is 0 Å². The van der Waals surface area contributed by atoms with Gasteiger partial charge in [0.2, 0.25) is 5.56 Å². The molecule has 0 amide bonds. The van der Waals surface area contributed by atoms with Crippen molar-refractivity contribution in [2.75, 3.05) is 5.73 Å². The smallest absolute Gasteiger partial charge is 0.248 e. The molecule has 2 aromatic rings. The summed E-state index contributed by atoms with van der Waals surface area (Å²) in [5.41, 5.74) is 8.64. The summed E-state index contributed by atoms with van der Waals surface area (Å²) >= 11 is 5.84. The SMILES string of the molecule is Cc1cc(-c2ccc(Cl)c(N)c2)cc(=O)[nH]1. The highest BCUT2D eigenvalue weighted by Gasteiger charge is 2.02. The molecule has 0 saturated carbocycles. The van der Waals surface area contributed by atoms with Crippen LogP contribution in [0.1, 0.15) is 5.69 Å². The van der Waals surface area contributed by atoms with Gasteiger partial charge < -0.3 is 10.7 Å². The van der Waals surface area contributed by atoms with E-state index < -0.39 is 0 Å². The van der Waals surface area contributed by atoms with Crippen molar-refractivity contribution < 1.29 is 0 Å². The Morgan fingerprint density at radius 2 is 1.94 bits per heavy atom. The molecule has 82 valence electrons. The first kappa shape index (κ1) is 10.8. The lowest BCUT2D eigenvalue weighted by atomic mass is 10.1. The van der Waals surface area contributed by atoms with Gasteiger partial charge in [0.1, 0.15) is 0 Å². The number of rotatable bonds is 1. The molecule has 0 aliphatic rings. The Morgan fingerprint density at radius 1 is 1.19 bits per heavy atom. The van der Waals surface area contributed by atoms with Crippen LogP contribution < -0.4 is 11.3 Å². The van der Waals surface area contributed by atoms with E-state index in [1.807, 2.05) is 19.1 Å². The second kappa shape index (κ2) is 4.02. The summed E-state index contributed by atoms with van der Waals surface area (Å²) in [6, 6.07) is 8.76. The van der Waals surface area contributed by atoms with Crippen LogP contribution in [0.2, 0.25) is 5.02 Å². The van der Waals surface area contributed by atoms with E-state index >= 15 is 0 Å². The normalized spacial score (nSPS) is 10.4. The van der Waals surface area contributed by atoms with Gasteiger partial charge in [0.15, 0.2) is 0 Å². The first-order valence-electron chi connectivity index (χ1n) is 4.82. The number of aromatic amines is 1. The molecular weight excluding hydrogens is 224 g/mol. The van der Waals surface area contributed by atoms with Crippen molar-refractivity contribution >= 4 is 17.3 Å². The Morgan fingerprint density at radius 3 is 2.56 bits per heavy atom. The highest BCUT2D eigenvalue weighted by molar-refractivity contribution is 6.33. The standard InChI is InChI=1S/C12H11ClN2O/c1-7-4-9(6-12(16)15-7)8-2-3-10(13)11(14)5-8/h2-6H,14H2,1H3,(H,15,16). The Hall–Kier alpha value is -1.74. The average molecular weight is 235 g/mol. The zero-order valence-electron chi connectivity index (χ0n) is 8.75. The number of anilines is 1. The predicted molar refractivity (Wildman–Crippen MR) is 66.7 cm³/mol. The minimum Gasteiger partial charge on any atom is -0.398 e. The van der Waals surface area contributed by atoms with E-state index in [0.717, 1.165) is 16.8 Å². The number of pyridine rings is 1. The minimum atomic E-state index is -0.122. The lowest BCUT2D eigenvalue weighted by Crippen LogP contribution is -2.05. The summed E-state index contributed by atoms with van der Waals surface area (Å²) in [7, 11) is 0. The van der Waals surface area contributed by atoms with Crippen LogP contribution in [0.4, 0.5) is 5.69 Å². The van der Waals surface area contributed by atoms with Crippen LogP contribution in [0.5, 0.6) is 0 Å². The van der Waals surface area contributed by atoms with Crippen LogP contribution >= 0.6 is 11.6 Å². The number of hydrogen-bond donors (Lipinski definition) is 2. The summed E-state index contributed by atoms with van der Waals surface area (Å²) < 4.78 is 0. The van der Waals surface area contributed by atoms with Crippen LogP contribution in [-0.4, -0.2) is 4.98 Å². The van der Waals surface area contributed by atoms with Crippen molar-refractivity contribution in [3.8, 4) is 11.1 Å². The molecule has 0 aliphatic carbocycles. The van der Waals surface area contributed by atoms with Gasteiger partial charge in [0.05, 0.1) is 10.7 Å². The number of nitrogens with two attached hydrogens (primary N) is 1. The number of H-pyrrole nitrogens is 1. The van der Waals surface area contributed by atoms with Gasteiger partial charge in [-0.2, -0.15) is 0 Å². The molecule has 0 fully saturated rings. The molecule has 1 heterocycles. The molecule has 0 bridgehead atoms. The molecule has 0 aliphatic heterocycles. The molecule has 0 saturated heterocycles. The van der Waals surface area contributed by atoms with Crippen molar-refractivity contribution in [3.63, 3.8) is 0 Å². The molecule has 2 rings (SSSR count). The molecule has 0 radical (unpaired) electrons. The summed E-state index contributed by atoms with van der Waals surface area (Å²) in [6.45, 7) is 1.84.